The van der Waals surface area contributed by atoms with Gasteiger partial charge < -0.3 is 14.6 Å². The van der Waals surface area contributed by atoms with Crippen LogP contribution in [0, 0.1) is 0 Å². The lowest BCUT2D eigenvalue weighted by molar-refractivity contribution is -0.139. The number of phenols is 1. The molecule has 4 rings (SSSR count). The minimum absolute atomic E-state index is 0.149. The molecule has 7 nitrogen and oxygen atoms in total. The molecule has 1 aliphatic rings. The van der Waals surface area contributed by atoms with Gasteiger partial charge in [-0.15, -0.1) is 0 Å². The molecule has 0 radical (unpaired) electrons. The number of phenolic OH excluding ortho intramolecular Hbond substituents is 1. The van der Waals surface area contributed by atoms with Crippen LogP contribution in [0.1, 0.15) is 31.0 Å². The number of hydrogen-bond donors (Lipinski definition) is 1. The van der Waals surface area contributed by atoms with Crippen LogP contribution in [0.15, 0.2) is 69.6 Å². The maximum Gasteiger partial charge on any atom is 0.338 e. The van der Waals surface area contributed by atoms with Crippen LogP contribution in [-0.4, -0.2) is 29.4 Å². The molecule has 1 unspecified atom stereocenters. The van der Waals surface area contributed by atoms with E-state index in [0.29, 0.717) is 26.4 Å². The van der Waals surface area contributed by atoms with E-state index in [4.69, 9.17) is 9.47 Å². The smallest absolute Gasteiger partial charge is 0.338 e. The molecular formula is C24H22N2O5S. The number of ether oxygens (including phenoxy) is 2. The van der Waals surface area contributed by atoms with Crippen molar-refractivity contribution in [3.63, 3.8) is 0 Å². The SMILES string of the molecule is CCOC(=O)C1=C(C)N=c2sc(=Cc3ccc(O)cc3)c(=O)n2C1c1cccc(OC)c1. The van der Waals surface area contributed by atoms with Crippen LogP contribution in [0.25, 0.3) is 6.08 Å². The van der Waals surface area contributed by atoms with E-state index in [0.717, 1.165) is 11.1 Å². The molecule has 1 aromatic heterocycles. The van der Waals surface area contributed by atoms with Gasteiger partial charge in [-0.25, -0.2) is 9.79 Å². The first-order valence-corrected chi connectivity index (χ1v) is 10.9. The highest BCUT2D eigenvalue weighted by Gasteiger charge is 2.33. The average Bonchev–Trinajstić information content (AvgIpc) is 3.09. The molecule has 0 saturated carbocycles. The first-order valence-electron chi connectivity index (χ1n) is 10.1. The van der Waals surface area contributed by atoms with E-state index in [9.17, 15) is 14.7 Å². The van der Waals surface area contributed by atoms with E-state index in [1.807, 2.05) is 12.1 Å². The van der Waals surface area contributed by atoms with Gasteiger partial charge in [0.15, 0.2) is 4.80 Å². The number of nitrogens with zero attached hydrogens (tertiary/aromatic N) is 2. The Morgan fingerprint density at radius 1 is 1.25 bits per heavy atom. The van der Waals surface area contributed by atoms with Gasteiger partial charge in [0.2, 0.25) is 0 Å². The molecule has 1 aliphatic heterocycles. The zero-order chi connectivity index (χ0) is 22.8. The minimum atomic E-state index is -0.692. The van der Waals surface area contributed by atoms with Crippen molar-refractivity contribution < 1.29 is 19.4 Å². The van der Waals surface area contributed by atoms with Gasteiger partial charge in [0, 0.05) is 0 Å². The standard InChI is InChI=1S/C24H22N2O5S/c1-4-31-23(29)20-14(2)25-24-26(21(20)16-6-5-7-18(13-16)30-3)22(28)19(32-24)12-15-8-10-17(27)11-9-15/h5-13,21,27H,4H2,1-3H3. The van der Waals surface area contributed by atoms with E-state index >= 15 is 0 Å². The maximum absolute atomic E-state index is 13.5. The molecule has 32 heavy (non-hydrogen) atoms. The fraction of sp³-hybridized carbons (Fsp3) is 0.208. The van der Waals surface area contributed by atoms with Crippen LogP contribution in [-0.2, 0) is 9.53 Å². The highest BCUT2D eigenvalue weighted by atomic mass is 32.1. The number of aromatic nitrogens is 1. The lowest BCUT2D eigenvalue weighted by Gasteiger charge is -2.25. The minimum Gasteiger partial charge on any atom is -0.508 e. The molecule has 2 heterocycles. The zero-order valence-corrected chi connectivity index (χ0v) is 18.7. The molecular weight excluding hydrogens is 428 g/mol. The summed E-state index contributed by atoms with van der Waals surface area (Å²) in [6.45, 7) is 3.70. The van der Waals surface area contributed by atoms with Crippen LogP contribution in [0.4, 0.5) is 0 Å². The summed E-state index contributed by atoms with van der Waals surface area (Å²) < 4.78 is 12.7. The third-order valence-corrected chi connectivity index (χ3v) is 6.10. The van der Waals surface area contributed by atoms with Crippen molar-refractivity contribution in [3.8, 4) is 11.5 Å². The Morgan fingerprint density at radius 3 is 2.69 bits per heavy atom. The Hall–Kier alpha value is -3.65. The molecule has 0 amide bonds. The van der Waals surface area contributed by atoms with Crippen molar-refractivity contribution in [1.82, 2.24) is 4.57 Å². The number of carbonyl (C=O) groups excluding carboxylic acids is 1. The number of rotatable bonds is 5. The van der Waals surface area contributed by atoms with Gasteiger partial charge in [-0.2, -0.15) is 0 Å². The van der Waals surface area contributed by atoms with Gasteiger partial charge in [0.25, 0.3) is 5.56 Å². The molecule has 0 fully saturated rings. The van der Waals surface area contributed by atoms with Gasteiger partial charge in [-0.05, 0) is 55.3 Å². The lowest BCUT2D eigenvalue weighted by Crippen LogP contribution is -2.39. The molecule has 0 bridgehead atoms. The maximum atomic E-state index is 13.5. The van der Waals surface area contributed by atoms with Crippen LogP contribution < -0.4 is 19.6 Å². The molecule has 0 saturated heterocycles. The van der Waals surface area contributed by atoms with E-state index in [1.165, 1.54) is 15.9 Å². The van der Waals surface area contributed by atoms with Gasteiger partial charge in [0.05, 0.1) is 35.6 Å². The molecule has 164 valence electrons. The number of aromatic hydroxyl groups is 1. The zero-order valence-electron chi connectivity index (χ0n) is 17.9. The third kappa shape index (κ3) is 3.97. The van der Waals surface area contributed by atoms with Crippen LogP contribution >= 0.6 is 11.3 Å². The Labute approximate surface area is 188 Å². The second-order valence-electron chi connectivity index (χ2n) is 7.17. The topological polar surface area (TPSA) is 90.1 Å². The fourth-order valence-electron chi connectivity index (χ4n) is 3.64. The molecule has 0 spiro atoms. The summed E-state index contributed by atoms with van der Waals surface area (Å²) in [5.74, 6) is 0.261. The van der Waals surface area contributed by atoms with Crippen molar-refractivity contribution >= 4 is 23.4 Å². The van der Waals surface area contributed by atoms with E-state index < -0.39 is 12.0 Å². The number of methoxy groups -OCH3 is 1. The Bertz CT molecular complexity index is 1380. The summed E-state index contributed by atoms with van der Waals surface area (Å²) >= 11 is 1.25. The first-order chi connectivity index (χ1) is 15.4. The summed E-state index contributed by atoms with van der Waals surface area (Å²) in [6.07, 6.45) is 1.75. The second kappa shape index (κ2) is 8.84. The Balaban J connectivity index is 1.96. The Kier molecular flexibility index (Phi) is 5.96. The van der Waals surface area contributed by atoms with Crippen molar-refractivity contribution in [2.75, 3.05) is 13.7 Å². The van der Waals surface area contributed by atoms with Gasteiger partial charge >= 0.3 is 5.97 Å². The number of fused-ring (bicyclic) bond motifs is 1. The van der Waals surface area contributed by atoms with Crippen molar-refractivity contribution in [3.05, 3.63) is 90.6 Å². The van der Waals surface area contributed by atoms with Gasteiger partial charge in [-0.3, -0.25) is 9.36 Å². The highest BCUT2D eigenvalue weighted by Crippen LogP contribution is 2.32. The monoisotopic (exact) mass is 450 g/mol. The average molecular weight is 451 g/mol. The summed E-state index contributed by atoms with van der Waals surface area (Å²) in [7, 11) is 1.57. The number of thiazole rings is 1. The highest BCUT2D eigenvalue weighted by molar-refractivity contribution is 7.07. The lowest BCUT2D eigenvalue weighted by atomic mass is 9.95. The predicted octanol–water partition coefficient (Wildman–Crippen LogP) is 2.51. The van der Waals surface area contributed by atoms with E-state index in [2.05, 4.69) is 4.99 Å². The van der Waals surface area contributed by atoms with Crippen LogP contribution in [0.5, 0.6) is 11.5 Å². The van der Waals surface area contributed by atoms with Crippen molar-refractivity contribution in [2.24, 2.45) is 4.99 Å². The summed E-state index contributed by atoms with van der Waals surface area (Å²) in [5.41, 5.74) is 2.06. The summed E-state index contributed by atoms with van der Waals surface area (Å²) in [6, 6.07) is 13.2. The second-order valence-corrected chi connectivity index (χ2v) is 8.18. The summed E-state index contributed by atoms with van der Waals surface area (Å²) in [5, 5.41) is 9.52. The number of benzene rings is 2. The fourth-order valence-corrected chi connectivity index (χ4v) is 4.69. The molecule has 8 heteroatoms. The molecule has 0 aliphatic carbocycles. The number of carbonyl (C=O) groups is 1. The van der Waals surface area contributed by atoms with E-state index in [-0.39, 0.29) is 17.9 Å². The van der Waals surface area contributed by atoms with Gasteiger partial charge in [0.1, 0.15) is 11.5 Å². The number of allylic oxidation sites excluding steroid dienone is 1. The predicted molar refractivity (Wildman–Crippen MR) is 121 cm³/mol. The van der Waals surface area contributed by atoms with Crippen molar-refractivity contribution in [1.29, 1.82) is 0 Å². The molecule has 1 atom stereocenters. The third-order valence-electron chi connectivity index (χ3n) is 5.12. The molecule has 2 aromatic carbocycles. The normalized spacial score (nSPS) is 15.8. The Morgan fingerprint density at radius 2 is 2.00 bits per heavy atom. The first kappa shape index (κ1) is 21.6. The molecule has 3 aromatic rings. The number of esters is 1. The van der Waals surface area contributed by atoms with E-state index in [1.54, 1.807) is 63.4 Å². The number of hydrogen-bond acceptors (Lipinski definition) is 7. The van der Waals surface area contributed by atoms with Crippen LogP contribution in [0.2, 0.25) is 0 Å². The van der Waals surface area contributed by atoms with Crippen LogP contribution in [0.3, 0.4) is 0 Å². The molecule has 1 N–H and O–H groups in total. The quantitative estimate of drug-likeness (QED) is 0.604. The van der Waals surface area contributed by atoms with Gasteiger partial charge in [-0.1, -0.05) is 35.6 Å². The largest absolute Gasteiger partial charge is 0.508 e. The summed E-state index contributed by atoms with van der Waals surface area (Å²) in [4.78, 5) is 31.4. The van der Waals surface area contributed by atoms with Crippen molar-refractivity contribution in [2.45, 2.75) is 19.9 Å².